The Bertz CT molecular complexity index is 1070. The number of unbranched alkanes of at least 4 members (excludes halogenated alkanes) is 1. The monoisotopic (exact) mass is 437 g/mol. The minimum Gasteiger partial charge on any atom is -0.508 e. The molecule has 1 unspecified atom stereocenters. The summed E-state index contributed by atoms with van der Waals surface area (Å²) in [5, 5.41) is 10.0. The molecule has 3 aromatic rings. The molecule has 2 aromatic carbocycles. The Morgan fingerprint density at radius 1 is 1.06 bits per heavy atom. The summed E-state index contributed by atoms with van der Waals surface area (Å²) in [7, 11) is 0. The van der Waals surface area contributed by atoms with E-state index in [2.05, 4.69) is 20.8 Å². The van der Waals surface area contributed by atoms with Crippen molar-refractivity contribution in [2.75, 3.05) is 6.54 Å². The number of phenolic OH excluding ortho intramolecular Hbond substituents is 1. The van der Waals surface area contributed by atoms with E-state index < -0.39 is 0 Å². The SMILES string of the molecule is CCC(CCCCN)C(CC)(CC)Oc1ccc2c(=O)c(-c3ccc(O)cc3)coc2c1. The van der Waals surface area contributed by atoms with Crippen LogP contribution >= 0.6 is 0 Å². The third-order valence-electron chi connectivity index (χ3n) is 6.69. The van der Waals surface area contributed by atoms with Crippen molar-refractivity contribution in [3.63, 3.8) is 0 Å². The first-order chi connectivity index (χ1) is 15.5. The van der Waals surface area contributed by atoms with Crippen LogP contribution in [-0.4, -0.2) is 17.3 Å². The second-order valence-electron chi connectivity index (χ2n) is 8.45. The number of nitrogens with two attached hydrogens (primary N) is 1. The standard InChI is InChI=1S/C27H35NO4/c1-4-20(9-7-8-16-28)27(5-2,6-3)32-22-14-15-23-25(17-22)31-18-24(26(23)30)19-10-12-21(29)13-11-19/h10-15,17-18,20,29H,4-9,16,28H2,1-3H3. The molecule has 1 heterocycles. The number of hydrogen-bond acceptors (Lipinski definition) is 5. The van der Waals surface area contributed by atoms with Gasteiger partial charge in [0.25, 0.3) is 0 Å². The van der Waals surface area contributed by atoms with Crippen LogP contribution in [0.25, 0.3) is 22.1 Å². The van der Waals surface area contributed by atoms with E-state index in [1.807, 2.05) is 12.1 Å². The molecule has 5 nitrogen and oxygen atoms in total. The third kappa shape index (κ3) is 4.99. The van der Waals surface area contributed by atoms with Gasteiger partial charge in [0.05, 0.1) is 10.9 Å². The number of fused-ring (bicyclic) bond motifs is 1. The predicted molar refractivity (Wildman–Crippen MR) is 130 cm³/mol. The maximum Gasteiger partial charge on any atom is 0.200 e. The number of rotatable bonds is 11. The summed E-state index contributed by atoms with van der Waals surface area (Å²) in [5.41, 5.74) is 7.01. The fourth-order valence-electron chi connectivity index (χ4n) is 4.68. The summed E-state index contributed by atoms with van der Waals surface area (Å²) < 4.78 is 12.5. The molecule has 1 atom stereocenters. The molecule has 5 heteroatoms. The lowest BCUT2D eigenvalue weighted by Crippen LogP contribution is -2.42. The number of ether oxygens (including phenoxy) is 1. The quantitative estimate of drug-likeness (QED) is 0.346. The van der Waals surface area contributed by atoms with Gasteiger partial charge in [-0.3, -0.25) is 4.79 Å². The first-order valence-corrected chi connectivity index (χ1v) is 11.7. The lowest BCUT2D eigenvalue weighted by Gasteiger charge is -2.40. The van der Waals surface area contributed by atoms with Gasteiger partial charge in [0.2, 0.25) is 0 Å². The van der Waals surface area contributed by atoms with Crippen LogP contribution in [0.15, 0.2) is 57.9 Å². The minimum atomic E-state index is -0.261. The number of aromatic hydroxyl groups is 1. The summed E-state index contributed by atoms with van der Waals surface area (Å²) >= 11 is 0. The molecule has 0 aliphatic carbocycles. The van der Waals surface area contributed by atoms with Crippen molar-refractivity contribution in [2.24, 2.45) is 11.7 Å². The molecule has 1 aromatic heterocycles. The Morgan fingerprint density at radius 2 is 1.78 bits per heavy atom. The van der Waals surface area contributed by atoms with Crippen LogP contribution in [0.3, 0.4) is 0 Å². The Kier molecular flexibility index (Phi) is 7.97. The molecule has 0 radical (unpaired) electrons. The lowest BCUT2D eigenvalue weighted by atomic mass is 9.78. The van der Waals surface area contributed by atoms with Crippen molar-refractivity contribution in [3.8, 4) is 22.6 Å². The molecule has 0 spiro atoms. The van der Waals surface area contributed by atoms with Crippen LogP contribution < -0.4 is 15.9 Å². The van der Waals surface area contributed by atoms with E-state index in [1.165, 1.54) is 6.26 Å². The molecule has 0 fully saturated rings. The highest BCUT2D eigenvalue weighted by molar-refractivity contribution is 5.82. The van der Waals surface area contributed by atoms with Crippen LogP contribution in [0.1, 0.15) is 59.3 Å². The zero-order valence-electron chi connectivity index (χ0n) is 19.4. The van der Waals surface area contributed by atoms with Gasteiger partial charge >= 0.3 is 0 Å². The van der Waals surface area contributed by atoms with Gasteiger partial charge in [0, 0.05) is 6.07 Å². The second-order valence-corrected chi connectivity index (χ2v) is 8.45. The molecule has 32 heavy (non-hydrogen) atoms. The Hall–Kier alpha value is -2.79. The Labute approximate surface area is 190 Å². The molecule has 0 saturated carbocycles. The third-order valence-corrected chi connectivity index (χ3v) is 6.69. The normalized spacial score (nSPS) is 12.8. The average molecular weight is 438 g/mol. The van der Waals surface area contributed by atoms with Crippen LogP contribution in [0, 0.1) is 5.92 Å². The van der Waals surface area contributed by atoms with Crippen molar-refractivity contribution in [1.29, 1.82) is 0 Å². The molecule has 0 aliphatic heterocycles. The van der Waals surface area contributed by atoms with Gasteiger partial charge in [-0.1, -0.05) is 39.3 Å². The van der Waals surface area contributed by atoms with Gasteiger partial charge in [-0.2, -0.15) is 0 Å². The molecule has 0 bridgehead atoms. The minimum absolute atomic E-state index is 0.103. The highest BCUT2D eigenvalue weighted by atomic mass is 16.5. The maximum absolute atomic E-state index is 13.1. The first kappa shape index (κ1) is 23.9. The average Bonchev–Trinajstić information content (AvgIpc) is 2.82. The van der Waals surface area contributed by atoms with E-state index in [4.69, 9.17) is 14.9 Å². The van der Waals surface area contributed by atoms with Crippen molar-refractivity contribution < 1.29 is 14.3 Å². The summed E-state index contributed by atoms with van der Waals surface area (Å²) in [6.45, 7) is 7.31. The zero-order valence-corrected chi connectivity index (χ0v) is 19.4. The van der Waals surface area contributed by atoms with Crippen molar-refractivity contribution in [2.45, 2.75) is 64.9 Å². The van der Waals surface area contributed by atoms with Gasteiger partial charge < -0.3 is 20.0 Å². The van der Waals surface area contributed by atoms with Crippen molar-refractivity contribution in [3.05, 3.63) is 59.0 Å². The molecule has 0 amide bonds. The number of benzene rings is 2. The van der Waals surface area contributed by atoms with Gasteiger partial charge in [-0.05, 0) is 74.4 Å². The fourth-order valence-corrected chi connectivity index (χ4v) is 4.68. The Morgan fingerprint density at radius 3 is 2.41 bits per heavy atom. The van der Waals surface area contributed by atoms with E-state index >= 15 is 0 Å². The highest BCUT2D eigenvalue weighted by Crippen LogP contribution is 2.37. The number of phenols is 1. The van der Waals surface area contributed by atoms with Crippen LogP contribution in [0.5, 0.6) is 11.5 Å². The molecule has 3 rings (SSSR count). The lowest BCUT2D eigenvalue weighted by molar-refractivity contribution is -0.00644. The number of hydrogen-bond donors (Lipinski definition) is 2. The fraction of sp³-hybridized carbons (Fsp3) is 0.444. The molecule has 172 valence electrons. The Balaban J connectivity index is 1.92. The second kappa shape index (κ2) is 10.7. The van der Waals surface area contributed by atoms with Gasteiger partial charge in [0.1, 0.15) is 28.9 Å². The van der Waals surface area contributed by atoms with Crippen molar-refractivity contribution >= 4 is 11.0 Å². The maximum atomic E-state index is 13.1. The van der Waals surface area contributed by atoms with Crippen LogP contribution in [0.2, 0.25) is 0 Å². The topological polar surface area (TPSA) is 85.7 Å². The largest absolute Gasteiger partial charge is 0.508 e. The summed E-state index contributed by atoms with van der Waals surface area (Å²) in [5.74, 6) is 1.31. The smallest absolute Gasteiger partial charge is 0.200 e. The highest BCUT2D eigenvalue weighted by Gasteiger charge is 2.36. The summed E-state index contributed by atoms with van der Waals surface area (Å²) in [6, 6.07) is 12.0. The molecular weight excluding hydrogens is 402 g/mol. The van der Waals surface area contributed by atoms with E-state index in [9.17, 15) is 9.90 Å². The van der Waals surface area contributed by atoms with Crippen LogP contribution in [0.4, 0.5) is 0 Å². The van der Waals surface area contributed by atoms with Gasteiger partial charge in [0.15, 0.2) is 5.43 Å². The summed E-state index contributed by atoms with van der Waals surface area (Å²) in [4.78, 5) is 13.1. The van der Waals surface area contributed by atoms with E-state index in [1.54, 1.807) is 30.3 Å². The van der Waals surface area contributed by atoms with Crippen LogP contribution in [-0.2, 0) is 0 Å². The van der Waals surface area contributed by atoms with Crippen molar-refractivity contribution in [1.82, 2.24) is 0 Å². The van der Waals surface area contributed by atoms with Gasteiger partial charge in [-0.25, -0.2) is 0 Å². The molecule has 0 aliphatic rings. The van der Waals surface area contributed by atoms with E-state index in [0.29, 0.717) is 28.0 Å². The first-order valence-electron chi connectivity index (χ1n) is 11.7. The molecule has 0 saturated heterocycles. The zero-order chi connectivity index (χ0) is 23.1. The molecule has 3 N–H and O–H groups in total. The predicted octanol–water partition coefficient (Wildman–Crippen LogP) is 6.26. The van der Waals surface area contributed by atoms with E-state index in [0.717, 1.165) is 50.8 Å². The van der Waals surface area contributed by atoms with Gasteiger partial charge in [-0.15, -0.1) is 0 Å². The van der Waals surface area contributed by atoms with E-state index in [-0.39, 0.29) is 16.8 Å². The summed E-state index contributed by atoms with van der Waals surface area (Å²) in [6.07, 6.45) is 7.57. The molecular formula is C27H35NO4.